The summed E-state index contributed by atoms with van der Waals surface area (Å²) in [6, 6.07) is 1.04. The van der Waals surface area contributed by atoms with Crippen molar-refractivity contribution in [2.45, 2.75) is 57.3 Å². The Labute approximate surface area is 206 Å². The first-order valence-corrected chi connectivity index (χ1v) is 12.6. The van der Waals surface area contributed by atoms with E-state index >= 15 is 0 Å². The van der Waals surface area contributed by atoms with Gasteiger partial charge in [0, 0.05) is 36.2 Å². The summed E-state index contributed by atoms with van der Waals surface area (Å²) in [4.78, 5) is 34.4. The zero-order valence-corrected chi connectivity index (χ0v) is 19.7. The van der Waals surface area contributed by atoms with Crippen molar-refractivity contribution in [2.24, 2.45) is 17.8 Å². The molecule has 0 aromatic carbocycles. The Balaban J connectivity index is 1.24. The van der Waals surface area contributed by atoms with Crippen LogP contribution >= 0.6 is 0 Å². The molecule has 36 heavy (non-hydrogen) atoms. The molecule has 190 valence electrons. The van der Waals surface area contributed by atoms with Gasteiger partial charge in [0.1, 0.15) is 11.5 Å². The first-order valence-electron chi connectivity index (χ1n) is 12.6. The van der Waals surface area contributed by atoms with Crippen LogP contribution in [0.4, 0.5) is 14.6 Å². The van der Waals surface area contributed by atoms with Crippen LogP contribution < -0.4 is 10.8 Å². The molecular weight excluding hydrogens is 470 g/mol. The van der Waals surface area contributed by atoms with Gasteiger partial charge >= 0.3 is 0 Å². The van der Waals surface area contributed by atoms with E-state index in [1.165, 1.54) is 6.07 Å². The smallest absolute Gasteiger partial charge is 0.249 e. The van der Waals surface area contributed by atoms with Crippen LogP contribution in [0.1, 0.15) is 44.9 Å². The second-order valence-electron chi connectivity index (χ2n) is 9.89. The van der Waals surface area contributed by atoms with E-state index in [4.69, 9.17) is 9.57 Å². The molecule has 1 saturated heterocycles. The number of amides is 1. The first kappa shape index (κ1) is 23.2. The molecule has 3 aliphatic carbocycles. The second kappa shape index (κ2) is 9.70. The minimum absolute atomic E-state index is 0.0191. The highest BCUT2D eigenvalue weighted by molar-refractivity contribution is 5.91. The van der Waals surface area contributed by atoms with Gasteiger partial charge in [-0.2, -0.15) is 0 Å². The third-order valence-corrected chi connectivity index (χ3v) is 7.74. The van der Waals surface area contributed by atoms with Crippen molar-refractivity contribution in [1.82, 2.24) is 25.4 Å². The van der Waals surface area contributed by atoms with Gasteiger partial charge in [-0.3, -0.25) is 4.79 Å². The zero-order chi connectivity index (χ0) is 24.6. The summed E-state index contributed by atoms with van der Waals surface area (Å²) >= 11 is 0. The number of hydrogen-bond donors (Lipinski definition) is 3. The lowest BCUT2D eigenvalue weighted by Crippen LogP contribution is -2.54. The van der Waals surface area contributed by atoms with Crippen LogP contribution in [0.3, 0.4) is 0 Å². The van der Waals surface area contributed by atoms with Crippen molar-refractivity contribution in [3.63, 3.8) is 0 Å². The minimum Gasteiger partial charge on any atom is -0.364 e. The number of nitrogens with zero attached hydrogens (tertiary/aromatic N) is 3. The third kappa shape index (κ3) is 4.41. The molecular formula is C25H28F2N6O3. The van der Waals surface area contributed by atoms with Gasteiger partial charge in [-0.25, -0.2) is 34.1 Å². The zero-order valence-electron chi connectivity index (χ0n) is 19.7. The van der Waals surface area contributed by atoms with Crippen molar-refractivity contribution >= 4 is 22.8 Å². The molecule has 3 N–H and O–H groups in total. The van der Waals surface area contributed by atoms with Crippen molar-refractivity contribution in [3.05, 3.63) is 36.3 Å². The largest absolute Gasteiger partial charge is 0.364 e. The number of carbonyl (C=O) groups excluding carboxylic acids is 1. The average Bonchev–Trinajstić information content (AvgIpc) is 3.33. The number of fused-ring (bicyclic) bond motifs is 4. The van der Waals surface area contributed by atoms with E-state index in [2.05, 4.69) is 30.7 Å². The topological polar surface area (TPSA) is 114 Å². The molecule has 2 bridgehead atoms. The van der Waals surface area contributed by atoms with Gasteiger partial charge in [0.2, 0.25) is 5.91 Å². The summed E-state index contributed by atoms with van der Waals surface area (Å²) in [5.41, 5.74) is 3.62. The van der Waals surface area contributed by atoms with Gasteiger partial charge in [-0.15, -0.1) is 0 Å². The number of aromatic amines is 1. The van der Waals surface area contributed by atoms with Crippen LogP contribution in [0.25, 0.3) is 22.4 Å². The normalized spacial score (nSPS) is 27.8. The van der Waals surface area contributed by atoms with Gasteiger partial charge in [0.15, 0.2) is 23.7 Å². The Morgan fingerprint density at radius 3 is 2.72 bits per heavy atom. The maximum absolute atomic E-state index is 14.9. The summed E-state index contributed by atoms with van der Waals surface area (Å²) in [7, 11) is 0. The highest BCUT2D eigenvalue weighted by Gasteiger charge is 2.47. The molecule has 4 heterocycles. The summed E-state index contributed by atoms with van der Waals surface area (Å²) in [5, 5.41) is 3.74. The van der Waals surface area contributed by atoms with Crippen LogP contribution in [0, 0.1) is 29.4 Å². The first-order chi connectivity index (χ1) is 17.6. The Hall–Kier alpha value is -3.18. The number of anilines is 1. The van der Waals surface area contributed by atoms with Gasteiger partial charge in [0.05, 0.1) is 18.3 Å². The summed E-state index contributed by atoms with van der Waals surface area (Å²) in [5.74, 6) is -1.07. The molecule has 3 atom stereocenters. The van der Waals surface area contributed by atoms with E-state index in [9.17, 15) is 13.6 Å². The molecule has 0 spiro atoms. The molecule has 3 aromatic rings. The monoisotopic (exact) mass is 498 g/mol. The van der Waals surface area contributed by atoms with Crippen molar-refractivity contribution in [3.8, 4) is 11.4 Å². The maximum atomic E-state index is 14.9. The van der Waals surface area contributed by atoms with Crippen molar-refractivity contribution < 1.29 is 23.1 Å². The number of ether oxygens (including phenoxy) is 1. The fourth-order valence-electron chi connectivity index (χ4n) is 5.95. The number of rotatable bonds is 6. The van der Waals surface area contributed by atoms with E-state index in [0.717, 1.165) is 57.3 Å². The Morgan fingerprint density at radius 1 is 1.08 bits per heavy atom. The summed E-state index contributed by atoms with van der Waals surface area (Å²) < 4.78 is 34.3. The molecule has 9 nitrogen and oxygen atoms in total. The lowest BCUT2D eigenvalue weighted by molar-refractivity contribution is -0.204. The quantitative estimate of drug-likeness (QED) is 0.439. The standard InChI is InChI=1S/C25H28F2N6O3/c26-15-9-16-17(11-29-22(16)28-10-15)23-30-12-18(27)24(32-23)31-21-14-6-4-13(5-7-14)20(21)25(34)33-36-19-3-1-2-8-35-19/h9-14,19-21H,1-8H2,(H,28,29)(H,33,34)(H,30,31,32)/t13?,14?,19?,20-,21-/m0/s1. The SMILES string of the molecule is O=C(NOC1CCCCO1)[C@H]1C2CCC(CC2)[C@@H]1Nc1nc(-c2c[nH]c3ncc(F)cc23)ncc1F. The van der Waals surface area contributed by atoms with Crippen molar-refractivity contribution in [1.29, 1.82) is 0 Å². The molecule has 7 rings (SSSR count). The number of H-pyrrole nitrogens is 1. The van der Waals surface area contributed by atoms with Crippen LogP contribution in [-0.4, -0.2) is 44.8 Å². The fourth-order valence-corrected chi connectivity index (χ4v) is 5.95. The number of carbonyl (C=O) groups is 1. The highest BCUT2D eigenvalue weighted by atomic mass is 19.1. The van der Waals surface area contributed by atoms with E-state index in [0.29, 0.717) is 23.2 Å². The second-order valence-corrected chi connectivity index (χ2v) is 9.89. The molecule has 1 aliphatic heterocycles. The molecule has 4 fully saturated rings. The van der Waals surface area contributed by atoms with Crippen molar-refractivity contribution in [2.75, 3.05) is 11.9 Å². The van der Waals surface area contributed by atoms with E-state index in [-0.39, 0.29) is 41.3 Å². The van der Waals surface area contributed by atoms with Crippen LogP contribution in [0.2, 0.25) is 0 Å². The minimum atomic E-state index is -0.615. The molecule has 3 aromatic heterocycles. The van der Waals surface area contributed by atoms with E-state index in [1.54, 1.807) is 6.20 Å². The van der Waals surface area contributed by atoms with E-state index in [1.807, 2.05) is 0 Å². The Bertz CT molecular complexity index is 1260. The van der Waals surface area contributed by atoms with Gasteiger partial charge in [-0.05, 0) is 56.4 Å². The molecule has 1 unspecified atom stereocenters. The Kier molecular flexibility index (Phi) is 6.26. The number of nitrogens with one attached hydrogen (secondary N) is 3. The average molecular weight is 499 g/mol. The molecule has 11 heteroatoms. The number of hydrogen-bond acceptors (Lipinski definition) is 7. The predicted octanol–water partition coefficient (Wildman–Crippen LogP) is 4.09. The number of pyridine rings is 1. The fraction of sp³-hybridized carbons (Fsp3) is 0.520. The van der Waals surface area contributed by atoms with Gasteiger partial charge in [0.25, 0.3) is 0 Å². The Morgan fingerprint density at radius 2 is 1.92 bits per heavy atom. The van der Waals surface area contributed by atoms with Crippen LogP contribution in [0.15, 0.2) is 24.7 Å². The van der Waals surface area contributed by atoms with Crippen LogP contribution in [-0.2, 0) is 14.4 Å². The predicted molar refractivity (Wildman–Crippen MR) is 126 cm³/mol. The van der Waals surface area contributed by atoms with E-state index < -0.39 is 17.9 Å². The summed E-state index contributed by atoms with van der Waals surface area (Å²) in [6.07, 6.45) is 9.95. The molecule has 3 saturated carbocycles. The summed E-state index contributed by atoms with van der Waals surface area (Å²) in [6.45, 7) is 0.618. The lowest BCUT2D eigenvalue weighted by Gasteiger charge is -2.48. The number of hydroxylamine groups is 1. The lowest BCUT2D eigenvalue weighted by atomic mass is 9.61. The molecule has 0 radical (unpaired) electrons. The molecule has 1 amide bonds. The number of aromatic nitrogens is 4. The van der Waals surface area contributed by atoms with Crippen LogP contribution in [0.5, 0.6) is 0 Å². The highest BCUT2D eigenvalue weighted by Crippen LogP contribution is 2.46. The third-order valence-electron chi connectivity index (χ3n) is 7.74. The van der Waals surface area contributed by atoms with Gasteiger partial charge in [-0.1, -0.05) is 0 Å². The van der Waals surface area contributed by atoms with Gasteiger partial charge < -0.3 is 15.0 Å². The molecule has 4 aliphatic rings. The number of halogens is 2. The maximum Gasteiger partial charge on any atom is 0.249 e.